The Balaban J connectivity index is 1.78. The lowest BCUT2D eigenvalue weighted by molar-refractivity contribution is 0.134. The maximum atomic E-state index is 5.51. The summed E-state index contributed by atoms with van der Waals surface area (Å²) in [5.41, 5.74) is 1.21. The maximum Gasteiger partial charge on any atom is 0.0502 e. The Morgan fingerprint density at radius 3 is 2.73 bits per heavy atom. The minimum absolute atomic E-state index is 0.792. The first-order valence-electron chi connectivity index (χ1n) is 6.24. The molecule has 0 radical (unpaired) electrons. The highest BCUT2D eigenvalue weighted by Gasteiger charge is 2.12. The van der Waals surface area contributed by atoms with Crippen molar-refractivity contribution in [3.63, 3.8) is 0 Å². The zero-order chi connectivity index (χ0) is 10.9. The van der Waals surface area contributed by atoms with Gasteiger partial charge in [0.25, 0.3) is 0 Å². The summed E-state index contributed by atoms with van der Waals surface area (Å²) < 4.78 is 5.51. The summed E-state index contributed by atoms with van der Waals surface area (Å²) >= 11 is 0. The number of hydrogen-bond acceptors (Lipinski definition) is 2. The fourth-order valence-electron chi connectivity index (χ4n) is 1.96. The highest BCUT2D eigenvalue weighted by atomic mass is 16.5. The molecule has 0 aromatic heterocycles. The van der Waals surface area contributed by atoms with E-state index in [-0.39, 0.29) is 0 Å². The van der Waals surface area contributed by atoms with Gasteiger partial charge in [0.1, 0.15) is 0 Å². The normalized spacial score (nSPS) is 17.1. The van der Waals surface area contributed by atoms with Crippen molar-refractivity contribution in [1.29, 1.82) is 0 Å². The van der Waals surface area contributed by atoms with E-state index in [1.807, 2.05) is 6.92 Å². The zero-order valence-electron chi connectivity index (χ0n) is 10.1. The maximum absolute atomic E-state index is 5.51. The van der Waals surface area contributed by atoms with Crippen molar-refractivity contribution in [1.82, 2.24) is 5.32 Å². The van der Waals surface area contributed by atoms with Gasteiger partial charge in [-0.25, -0.2) is 0 Å². The Morgan fingerprint density at radius 2 is 2.07 bits per heavy atom. The first-order chi connectivity index (χ1) is 7.29. The van der Waals surface area contributed by atoms with Crippen molar-refractivity contribution < 1.29 is 4.74 Å². The van der Waals surface area contributed by atoms with E-state index in [2.05, 4.69) is 11.9 Å². The summed E-state index contributed by atoms with van der Waals surface area (Å²) in [6.45, 7) is 8.72. The third-order valence-corrected chi connectivity index (χ3v) is 2.93. The Hall–Kier alpha value is -0.340. The van der Waals surface area contributed by atoms with Crippen LogP contribution in [0.2, 0.25) is 0 Å². The molecule has 88 valence electrons. The molecule has 1 saturated carbocycles. The van der Waals surface area contributed by atoms with Crippen molar-refractivity contribution in [2.24, 2.45) is 0 Å². The van der Waals surface area contributed by atoms with Crippen molar-refractivity contribution in [2.75, 3.05) is 19.8 Å². The predicted molar refractivity (Wildman–Crippen MR) is 65.1 cm³/mol. The molecule has 0 bridgehead atoms. The van der Waals surface area contributed by atoms with Crippen LogP contribution in [0.4, 0.5) is 0 Å². The summed E-state index contributed by atoms with van der Waals surface area (Å²) in [6, 6.07) is 0.792. The van der Waals surface area contributed by atoms with Gasteiger partial charge >= 0.3 is 0 Å². The van der Waals surface area contributed by atoms with E-state index in [9.17, 15) is 0 Å². The van der Waals surface area contributed by atoms with Crippen LogP contribution in [-0.4, -0.2) is 25.8 Å². The summed E-state index contributed by atoms with van der Waals surface area (Å²) in [5.74, 6) is 0. The lowest BCUT2D eigenvalue weighted by Crippen LogP contribution is -2.27. The smallest absolute Gasteiger partial charge is 0.0502 e. The first kappa shape index (κ1) is 12.7. The minimum atomic E-state index is 0.792. The van der Waals surface area contributed by atoms with Gasteiger partial charge in [0.2, 0.25) is 0 Å². The van der Waals surface area contributed by atoms with Crippen LogP contribution < -0.4 is 5.32 Å². The highest BCUT2D eigenvalue weighted by Crippen LogP contribution is 2.17. The number of hydrogen-bond donors (Lipinski definition) is 1. The van der Waals surface area contributed by atoms with Crippen LogP contribution in [0, 0.1) is 0 Å². The molecule has 0 saturated heterocycles. The zero-order valence-corrected chi connectivity index (χ0v) is 10.1. The van der Waals surface area contributed by atoms with Crippen LogP contribution in [0.25, 0.3) is 0 Å². The van der Waals surface area contributed by atoms with Gasteiger partial charge in [0, 0.05) is 12.6 Å². The van der Waals surface area contributed by atoms with Crippen molar-refractivity contribution in [3.8, 4) is 0 Å². The predicted octanol–water partition coefficient (Wildman–Crippen LogP) is 2.89. The molecule has 15 heavy (non-hydrogen) atoms. The molecule has 1 aliphatic rings. The second-order valence-corrected chi connectivity index (χ2v) is 4.61. The molecular weight excluding hydrogens is 186 g/mol. The Kier molecular flexibility index (Phi) is 6.69. The average molecular weight is 211 g/mol. The monoisotopic (exact) mass is 211 g/mol. The molecule has 0 aliphatic heterocycles. The van der Waals surface area contributed by atoms with Gasteiger partial charge in [-0.2, -0.15) is 0 Å². The van der Waals surface area contributed by atoms with E-state index in [0.29, 0.717) is 0 Å². The van der Waals surface area contributed by atoms with E-state index < -0.39 is 0 Å². The summed E-state index contributed by atoms with van der Waals surface area (Å²) in [4.78, 5) is 0. The number of ether oxygens (including phenoxy) is 1. The van der Waals surface area contributed by atoms with Gasteiger partial charge in [0.05, 0.1) is 6.61 Å². The van der Waals surface area contributed by atoms with Crippen LogP contribution in [-0.2, 0) is 4.74 Å². The van der Waals surface area contributed by atoms with Crippen LogP contribution in [0.15, 0.2) is 12.2 Å². The number of rotatable bonds is 8. The second-order valence-electron chi connectivity index (χ2n) is 4.61. The second kappa shape index (κ2) is 7.89. The van der Waals surface area contributed by atoms with Crippen molar-refractivity contribution in [2.45, 2.75) is 51.5 Å². The van der Waals surface area contributed by atoms with E-state index in [1.165, 1.54) is 31.3 Å². The molecule has 2 nitrogen and oxygen atoms in total. The lowest BCUT2D eigenvalue weighted by Gasteiger charge is -2.11. The molecule has 1 rings (SSSR count). The van der Waals surface area contributed by atoms with E-state index in [1.54, 1.807) is 0 Å². The largest absolute Gasteiger partial charge is 0.381 e. The summed E-state index contributed by atoms with van der Waals surface area (Å²) in [7, 11) is 0. The molecule has 0 aromatic carbocycles. The summed E-state index contributed by atoms with van der Waals surface area (Å²) in [5, 5.41) is 3.58. The van der Waals surface area contributed by atoms with E-state index in [0.717, 1.165) is 38.6 Å². The molecular formula is C13H25NO. The minimum Gasteiger partial charge on any atom is -0.381 e. The van der Waals surface area contributed by atoms with E-state index in [4.69, 9.17) is 4.74 Å². The Labute approximate surface area is 94.1 Å². The van der Waals surface area contributed by atoms with Gasteiger partial charge < -0.3 is 10.1 Å². The molecule has 0 atom stereocenters. The molecule has 0 amide bonds. The quantitative estimate of drug-likeness (QED) is 0.492. The standard InChI is InChI=1S/C13H25NO/c1-12(2)8-11-15-10-5-9-14-13-6-3-4-7-13/h13-14H,1,3-11H2,2H3. The Morgan fingerprint density at radius 1 is 1.33 bits per heavy atom. The fraction of sp³-hybridized carbons (Fsp3) is 0.846. The molecule has 1 fully saturated rings. The van der Waals surface area contributed by atoms with Gasteiger partial charge in [-0.15, -0.1) is 6.58 Å². The SMILES string of the molecule is C=C(C)CCOCCCNC1CCCC1. The molecule has 0 heterocycles. The molecule has 2 heteroatoms. The van der Waals surface area contributed by atoms with Gasteiger partial charge in [-0.3, -0.25) is 0 Å². The molecule has 0 unspecified atom stereocenters. The van der Waals surface area contributed by atoms with Gasteiger partial charge in [-0.1, -0.05) is 18.4 Å². The van der Waals surface area contributed by atoms with Crippen molar-refractivity contribution in [3.05, 3.63) is 12.2 Å². The Bertz CT molecular complexity index is 173. The van der Waals surface area contributed by atoms with Crippen LogP contribution in [0.5, 0.6) is 0 Å². The molecule has 1 N–H and O–H groups in total. The number of nitrogens with one attached hydrogen (secondary N) is 1. The van der Waals surface area contributed by atoms with E-state index >= 15 is 0 Å². The van der Waals surface area contributed by atoms with Gasteiger partial charge in [-0.05, 0) is 39.2 Å². The molecule has 0 aromatic rings. The third-order valence-electron chi connectivity index (χ3n) is 2.93. The van der Waals surface area contributed by atoms with Crippen molar-refractivity contribution >= 4 is 0 Å². The summed E-state index contributed by atoms with van der Waals surface area (Å²) in [6.07, 6.45) is 7.69. The average Bonchev–Trinajstić information content (AvgIpc) is 2.68. The van der Waals surface area contributed by atoms with Crippen LogP contribution >= 0.6 is 0 Å². The molecule has 1 aliphatic carbocycles. The van der Waals surface area contributed by atoms with Crippen LogP contribution in [0.1, 0.15) is 45.4 Å². The third kappa shape index (κ3) is 6.69. The van der Waals surface area contributed by atoms with Gasteiger partial charge in [0.15, 0.2) is 0 Å². The fourth-order valence-corrected chi connectivity index (χ4v) is 1.96. The molecule has 0 spiro atoms. The lowest BCUT2D eigenvalue weighted by atomic mass is 10.2. The topological polar surface area (TPSA) is 21.3 Å². The highest BCUT2D eigenvalue weighted by molar-refractivity contribution is 4.87. The van der Waals surface area contributed by atoms with Crippen LogP contribution in [0.3, 0.4) is 0 Å². The first-order valence-corrected chi connectivity index (χ1v) is 6.24.